The van der Waals surface area contributed by atoms with Gasteiger partial charge in [-0.3, -0.25) is 4.79 Å². The number of amides is 1. The molecule has 230 valence electrons. The third kappa shape index (κ3) is 7.69. The molecule has 2 heterocycles. The van der Waals surface area contributed by atoms with Gasteiger partial charge in [0.15, 0.2) is 12.6 Å². The van der Waals surface area contributed by atoms with Crippen molar-refractivity contribution in [3.05, 3.63) is 11.8 Å². The first-order chi connectivity index (χ1) is 18.9. The lowest BCUT2D eigenvalue weighted by atomic mass is 9.75. The molecule has 1 saturated heterocycles. The largest absolute Gasteiger partial charge is 0.468 e. The molecule has 4 rings (SSSR count). The number of aliphatic hydroxyl groups is 4. The lowest BCUT2D eigenvalue weighted by molar-refractivity contribution is -0.297. The topological polar surface area (TPSA) is 237 Å². The van der Waals surface area contributed by atoms with Crippen LogP contribution in [0.15, 0.2) is 11.8 Å². The Morgan fingerprint density at radius 1 is 1.18 bits per heavy atom. The first kappa shape index (κ1) is 31.5. The van der Waals surface area contributed by atoms with Gasteiger partial charge in [-0.25, -0.2) is 0 Å². The molecule has 0 aromatic carbocycles. The zero-order valence-corrected chi connectivity index (χ0v) is 23.1. The van der Waals surface area contributed by atoms with Crippen LogP contribution in [0, 0.1) is 0 Å². The van der Waals surface area contributed by atoms with Gasteiger partial charge in [0.05, 0.1) is 24.8 Å². The van der Waals surface area contributed by atoms with E-state index in [1.807, 2.05) is 6.08 Å². The summed E-state index contributed by atoms with van der Waals surface area (Å²) in [5.74, 6) is 0.0925. The predicted octanol–water partition coefficient (Wildman–Crippen LogP) is -3.00. The number of rotatable bonds is 11. The van der Waals surface area contributed by atoms with E-state index in [2.05, 4.69) is 10.6 Å². The molecular weight excluding hydrogens is 526 g/mol. The smallest absolute Gasteiger partial charge is 0.252 e. The van der Waals surface area contributed by atoms with Crippen LogP contribution < -0.4 is 27.8 Å². The third-order valence-corrected chi connectivity index (χ3v) is 7.99. The van der Waals surface area contributed by atoms with E-state index in [0.717, 1.165) is 25.1 Å². The summed E-state index contributed by atoms with van der Waals surface area (Å²) in [6.45, 7) is 3.32. The number of hydrogen-bond acceptors (Lipinski definition) is 13. The highest BCUT2D eigenvalue weighted by Gasteiger charge is 2.52. The molecule has 9 atom stereocenters. The Bertz CT molecular complexity index is 887. The molecule has 2 saturated carbocycles. The maximum absolute atomic E-state index is 12.9. The van der Waals surface area contributed by atoms with Crippen molar-refractivity contribution in [2.45, 2.75) is 118 Å². The first-order valence-corrected chi connectivity index (χ1v) is 14.2. The van der Waals surface area contributed by atoms with Crippen molar-refractivity contribution in [1.82, 2.24) is 10.6 Å². The molecule has 4 aliphatic rings. The van der Waals surface area contributed by atoms with Crippen molar-refractivity contribution in [3.8, 4) is 0 Å². The molecule has 0 radical (unpaired) electrons. The number of ether oxygens (including phenoxy) is 4. The minimum absolute atomic E-state index is 0.00106. The summed E-state index contributed by atoms with van der Waals surface area (Å²) in [5, 5.41) is 49.0. The fourth-order valence-electron chi connectivity index (χ4n) is 5.78. The number of hydrogen-bond donors (Lipinski definition) is 9. The molecule has 2 aliphatic heterocycles. The maximum atomic E-state index is 12.9. The van der Waals surface area contributed by atoms with E-state index in [1.165, 1.54) is 0 Å². The number of allylic oxidation sites excluding steroid dienone is 1. The van der Waals surface area contributed by atoms with Gasteiger partial charge in [0.25, 0.3) is 5.91 Å². The Hall–Kier alpha value is -1.43. The van der Waals surface area contributed by atoms with Crippen molar-refractivity contribution in [2.24, 2.45) is 17.2 Å². The van der Waals surface area contributed by atoms with Crippen LogP contribution in [0.2, 0.25) is 0 Å². The molecule has 0 unspecified atom stereocenters. The molecule has 2 aliphatic carbocycles. The molecule has 0 aromatic heterocycles. The van der Waals surface area contributed by atoms with Crippen molar-refractivity contribution in [3.63, 3.8) is 0 Å². The second kappa shape index (κ2) is 13.3. The van der Waals surface area contributed by atoms with Gasteiger partial charge in [-0.15, -0.1) is 0 Å². The molecular formula is C26H47N5O9. The monoisotopic (exact) mass is 573 g/mol. The van der Waals surface area contributed by atoms with Crippen molar-refractivity contribution >= 4 is 5.91 Å². The first-order valence-electron chi connectivity index (χ1n) is 14.2. The van der Waals surface area contributed by atoms with Crippen molar-refractivity contribution < 1.29 is 44.2 Å². The standard InChI is InChI=1S/C26H47N5O9/c1-25(35)11-18(32)23(37-13-25)40-22-17(31-24(34)26(36)9-14(28)10-26)8-16(29)21(20(22)33)39-19-5-2-4-15(38-19)12-30-7-3-6-27/h4,14,16-23,30,32-33,35-36H,2-3,5-13,27-29H2,1H3,(H,31,34)/t14?,16-,17+,18+,19+,20-,21+,22-,23+,25+,26?/m0/s1. The summed E-state index contributed by atoms with van der Waals surface area (Å²) < 4.78 is 23.8. The second-order valence-corrected chi connectivity index (χ2v) is 11.9. The van der Waals surface area contributed by atoms with Crippen LogP contribution in [0.1, 0.15) is 51.9 Å². The van der Waals surface area contributed by atoms with Gasteiger partial charge in [-0.2, -0.15) is 0 Å². The Morgan fingerprint density at radius 3 is 2.60 bits per heavy atom. The summed E-state index contributed by atoms with van der Waals surface area (Å²) in [7, 11) is 0. The van der Waals surface area contributed by atoms with Crippen LogP contribution in [-0.4, -0.2) is 119 Å². The van der Waals surface area contributed by atoms with Gasteiger partial charge < -0.3 is 67.2 Å². The molecule has 12 N–H and O–H groups in total. The molecule has 40 heavy (non-hydrogen) atoms. The van der Waals surface area contributed by atoms with E-state index in [4.69, 9.17) is 36.1 Å². The van der Waals surface area contributed by atoms with Crippen molar-refractivity contribution in [1.29, 1.82) is 0 Å². The number of nitrogens with two attached hydrogens (primary N) is 3. The summed E-state index contributed by atoms with van der Waals surface area (Å²) in [4.78, 5) is 12.9. The summed E-state index contributed by atoms with van der Waals surface area (Å²) in [6, 6.07) is -1.81. The van der Waals surface area contributed by atoms with Gasteiger partial charge in [0, 0.05) is 37.8 Å². The van der Waals surface area contributed by atoms with E-state index >= 15 is 0 Å². The fraction of sp³-hybridized carbons (Fsp3) is 0.885. The third-order valence-electron chi connectivity index (χ3n) is 7.99. The Balaban J connectivity index is 1.43. The van der Waals surface area contributed by atoms with Gasteiger partial charge in [0.2, 0.25) is 0 Å². The molecule has 14 heteroatoms. The van der Waals surface area contributed by atoms with Gasteiger partial charge in [-0.1, -0.05) is 0 Å². The zero-order valence-electron chi connectivity index (χ0n) is 23.1. The van der Waals surface area contributed by atoms with E-state index in [0.29, 0.717) is 19.5 Å². The van der Waals surface area contributed by atoms with E-state index in [9.17, 15) is 25.2 Å². The fourth-order valence-corrected chi connectivity index (χ4v) is 5.78. The van der Waals surface area contributed by atoms with E-state index in [1.54, 1.807) is 6.92 Å². The van der Waals surface area contributed by atoms with E-state index in [-0.39, 0.29) is 38.3 Å². The molecule has 0 spiro atoms. The maximum Gasteiger partial charge on any atom is 0.252 e. The van der Waals surface area contributed by atoms with Crippen LogP contribution in [0.3, 0.4) is 0 Å². The summed E-state index contributed by atoms with van der Waals surface area (Å²) in [5.41, 5.74) is 14.9. The normalized spacial score (nSPS) is 43.8. The minimum atomic E-state index is -1.61. The van der Waals surface area contributed by atoms with E-state index < -0.39 is 66.2 Å². The highest BCUT2D eigenvalue weighted by Crippen LogP contribution is 2.34. The lowest BCUT2D eigenvalue weighted by Gasteiger charge is -2.48. The van der Waals surface area contributed by atoms with Crippen LogP contribution >= 0.6 is 0 Å². The quantitative estimate of drug-likeness (QED) is 0.112. The number of aliphatic hydroxyl groups excluding tert-OH is 2. The molecule has 0 bridgehead atoms. The SMILES string of the molecule is C[C@]1(O)CO[C@H](O[C@@H]2[C@@H](O)[C@H](O[C@@H]3CCC=C(CNCCCN)O3)[C@@H](N)C[C@H]2NC(=O)C2(O)CC(N)C2)[C@H](O)C1. The van der Waals surface area contributed by atoms with Gasteiger partial charge in [-0.05, 0) is 45.4 Å². The molecule has 0 aromatic rings. The van der Waals surface area contributed by atoms with Gasteiger partial charge in [0.1, 0.15) is 35.8 Å². The van der Waals surface area contributed by atoms with Crippen LogP contribution in [-0.2, 0) is 23.7 Å². The Kier molecular flexibility index (Phi) is 10.4. The number of nitrogens with one attached hydrogen (secondary N) is 2. The highest BCUT2D eigenvalue weighted by molar-refractivity contribution is 5.86. The van der Waals surface area contributed by atoms with Crippen LogP contribution in [0.5, 0.6) is 0 Å². The average molecular weight is 574 g/mol. The summed E-state index contributed by atoms with van der Waals surface area (Å²) in [6.07, 6.45) is -1.89. The van der Waals surface area contributed by atoms with Crippen LogP contribution in [0.4, 0.5) is 0 Å². The van der Waals surface area contributed by atoms with Crippen LogP contribution in [0.25, 0.3) is 0 Å². The van der Waals surface area contributed by atoms with Gasteiger partial charge >= 0.3 is 0 Å². The Labute approximate surface area is 234 Å². The average Bonchev–Trinajstić information content (AvgIpc) is 2.87. The number of carbonyl (C=O) groups is 1. The summed E-state index contributed by atoms with van der Waals surface area (Å²) >= 11 is 0. The molecule has 1 amide bonds. The molecule has 3 fully saturated rings. The number of carbonyl (C=O) groups excluding carboxylic acids is 1. The zero-order chi connectivity index (χ0) is 29.1. The lowest BCUT2D eigenvalue weighted by Crippen LogP contribution is -2.69. The molecule has 14 nitrogen and oxygen atoms in total. The minimum Gasteiger partial charge on any atom is -0.468 e. The van der Waals surface area contributed by atoms with Crippen molar-refractivity contribution in [2.75, 3.05) is 26.2 Å². The second-order valence-electron chi connectivity index (χ2n) is 11.9. The Morgan fingerprint density at radius 2 is 1.93 bits per heavy atom. The predicted molar refractivity (Wildman–Crippen MR) is 142 cm³/mol. The highest BCUT2D eigenvalue weighted by atomic mass is 16.7.